The number of esters is 1. The molecule has 8 unspecified atom stereocenters. The Morgan fingerprint density at radius 1 is 1.23 bits per heavy atom. The lowest BCUT2D eigenvalue weighted by molar-refractivity contribution is -0.513. The molecule has 0 spiro atoms. The van der Waals surface area contributed by atoms with Gasteiger partial charge in [0, 0.05) is 23.3 Å². The van der Waals surface area contributed by atoms with Crippen molar-refractivity contribution in [3.05, 3.63) is 47.2 Å². The van der Waals surface area contributed by atoms with Gasteiger partial charge in [0.1, 0.15) is 11.7 Å². The van der Waals surface area contributed by atoms with E-state index in [0.717, 1.165) is 42.6 Å². The normalized spacial score (nSPS) is 38.7. The number of aromatic nitrogens is 1. The van der Waals surface area contributed by atoms with Crippen molar-refractivity contribution >= 4 is 34.7 Å². The molecule has 4 fully saturated rings. The van der Waals surface area contributed by atoms with Crippen LogP contribution < -0.4 is 5.32 Å². The van der Waals surface area contributed by atoms with Crippen LogP contribution in [0.1, 0.15) is 72.1 Å². The maximum Gasteiger partial charge on any atom is 0.309 e. The van der Waals surface area contributed by atoms with Crippen molar-refractivity contribution in [1.29, 1.82) is 5.41 Å². The highest BCUT2D eigenvalue weighted by Gasteiger charge is 2.70. The third-order valence-corrected chi connectivity index (χ3v) is 12.3. The Hall–Kier alpha value is -2.43. The van der Waals surface area contributed by atoms with Crippen molar-refractivity contribution in [2.24, 2.45) is 40.4 Å². The van der Waals surface area contributed by atoms with Crippen LogP contribution >= 0.6 is 11.8 Å². The number of fused-ring (bicyclic) bond motifs is 5. The standard InChI is InChI=1S/C33H41F2N3O4S/c1-18-4-8-22-23-10-11-33(30(41)43-17-34,42-29(40)19-5-6-19)32(23,3)14-26(39)28(22)31(2)13-20(15-36)25(12-24(18)31)38-21-7-9-27(35)37-16-21/h7,9,12,15-16,18-19,22-23,26,28,36,38-39H,4-6,8,10-11,13-14,17H2,1-3H3/p+1. The number of nitrogens with two attached hydrogens (primary N) is 1. The van der Waals surface area contributed by atoms with Crippen LogP contribution in [0.3, 0.4) is 0 Å². The fraction of sp³-hybridized carbons (Fsp3) is 0.636. The van der Waals surface area contributed by atoms with E-state index in [2.05, 4.69) is 24.9 Å². The predicted molar refractivity (Wildman–Crippen MR) is 159 cm³/mol. The van der Waals surface area contributed by atoms with E-state index in [1.165, 1.54) is 24.1 Å². The first-order chi connectivity index (χ1) is 20.5. The summed E-state index contributed by atoms with van der Waals surface area (Å²) in [5, 5.41) is 22.0. The van der Waals surface area contributed by atoms with E-state index in [9.17, 15) is 23.5 Å². The molecule has 10 heteroatoms. The van der Waals surface area contributed by atoms with Crippen LogP contribution in [0.5, 0.6) is 0 Å². The lowest BCUT2D eigenvalue weighted by atomic mass is 9.49. The minimum absolute atomic E-state index is 0.0195. The average molecular weight is 615 g/mol. The van der Waals surface area contributed by atoms with E-state index in [-0.39, 0.29) is 42.0 Å². The summed E-state index contributed by atoms with van der Waals surface area (Å²) in [6.07, 6.45) is 9.40. The number of pyridine rings is 1. The van der Waals surface area contributed by atoms with Gasteiger partial charge in [-0.2, -0.15) is 4.39 Å². The van der Waals surface area contributed by atoms with E-state index in [4.69, 9.17) is 10.1 Å². The Bertz CT molecular complexity index is 1380. The molecule has 5 aliphatic rings. The van der Waals surface area contributed by atoms with Gasteiger partial charge in [0.15, 0.2) is 11.3 Å². The molecule has 0 radical (unpaired) electrons. The average Bonchev–Trinajstić information content (AvgIpc) is 3.78. The number of thioether (sulfide) groups is 1. The molecule has 6 rings (SSSR count). The predicted octanol–water partition coefficient (Wildman–Crippen LogP) is 5.38. The third kappa shape index (κ3) is 4.92. The zero-order valence-corrected chi connectivity index (χ0v) is 25.9. The Kier molecular flexibility index (Phi) is 7.95. The van der Waals surface area contributed by atoms with Gasteiger partial charge in [-0.25, -0.2) is 9.37 Å². The molecule has 0 aliphatic heterocycles. The smallest absolute Gasteiger partial charge is 0.309 e. The van der Waals surface area contributed by atoms with Crippen molar-refractivity contribution < 1.29 is 33.5 Å². The second kappa shape index (κ2) is 11.2. The van der Waals surface area contributed by atoms with Gasteiger partial charge in [-0.05, 0) is 104 Å². The first-order valence-electron chi connectivity index (χ1n) is 15.5. The quantitative estimate of drug-likeness (QED) is 0.216. The van der Waals surface area contributed by atoms with E-state index >= 15 is 0 Å². The molecule has 5 aliphatic carbocycles. The van der Waals surface area contributed by atoms with Crippen molar-refractivity contribution in [1.82, 2.24) is 4.98 Å². The molecule has 7 nitrogen and oxygen atoms in total. The summed E-state index contributed by atoms with van der Waals surface area (Å²) in [5.41, 5.74) is 1.05. The molecular weight excluding hydrogens is 572 g/mol. The Labute approximate surface area is 255 Å². The molecule has 43 heavy (non-hydrogen) atoms. The Balaban J connectivity index is 1.37. The fourth-order valence-corrected chi connectivity index (χ4v) is 10.2. The topological polar surface area (TPSA) is 117 Å². The first-order valence-corrected chi connectivity index (χ1v) is 16.5. The maximum atomic E-state index is 13.7. The third-order valence-electron chi connectivity index (χ3n) is 11.6. The van der Waals surface area contributed by atoms with Crippen LogP contribution in [0.2, 0.25) is 0 Å². The molecule has 1 aromatic heterocycles. The number of ether oxygens (including phenoxy) is 1. The van der Waals surface area contributed by atoms with Crippen molar-refractivity contribution in [3.63, 3.8) is 0 Å². The highest BCUT2D eigenvalue weighted by Crippen LogP contribution is 2.68. The molecule has 4 saturated carbocycles. The van der Waals surface area contributed by atoms with Gasteiger partial charge < -0.3 is 15.3 Å². The maximum absolute atomic E-state index is 13.7. The van der Waals surface area contributed by atoms with Gasteiger partial charge in [-0.1, -0.05) is 26.3 Å². The van der Waals surface area contributed by atoms with E-state index in [1.807, 2.05) is 12.2 Å². The highest BCUT2D eigenvalue weighted by molar-refractivity contribution is 8.13. The summed E-state index contributed by atoms with van der Waals surface area (Å²) in [5.74, 6) is -0.923. The second-order valence-corrected chi connectivity index (χ2v) is 14.8. The lowest BCUT2D eigenvalue weighted by Crippen LogP contribution is -2.76. The van der Waals surface area contributed by atoms with Gasteiger partial charge in [-0.15, -0.1) is 0 Å². The molecule has 8 atom stereocenters. The second-order valence-electron chi connectivity index (χ2n) is 13.9. The monoisotopic (exact) mass is 614 g/mol. The number of hydrogen-bond acceptors (Lipinski definition) is 7. The van der Waals surface area contributed by atoms with Gasteiger partial charge in [-0.3, -0.25) is 14.9 Å². The molecular formula is C33H42F2N3O4S+. The summed E-state index contributed by atoms with van der Waals surface area (Å²) in [4.78, 5) is 30.5. The number of alkyl halides is 1. The molecule has 0 saturated heterocycles. The number of rotatable bonds is 7. The summed E-state index contributed by atoms with van der Waals surface area (Å²) in [7, 11) is 0. The SMILES string of the molecule is CC1CCC2C(C(O)CC3(C)C2CCC3(OC(=O)C2CC2)C(=O)SCF)C2(C)CC(C=N)=C([NH2+]c3ccc(F)nc3)C=C12. The van der Waals surface area contributed by atoms with Crippen LogP contribution in [-0.2, 0) is 14.3 Å². The molecule has 4 N–H and O–H groups in total. The number of halogens is 2. The Morgan fingerprint density at radius 2 is 2.00 bits per heavy atom. The number of nitrogens with zero attached hydrogens (tertiary/aromatic N) is 1. The van der Waals surface area contributed by atoms with Crippen molar-refractivity contribution in [3.8, 4) is 0 Å². The minimum Gasteiger partial charge on any atom is -0.449 e. The van der Waals surface area contributed by atoms with Gasteiger partial charge >= 0.3 is 5.97 Å². The number of hydrogen-bond donors (Lipinski definition) is 3. The van der Waals surface area contributed by atoms with Crippen LogP contribution in [0.4, 0.5) is 14.5 Å². The number of carbonyl (C=O) groups is 2. The number of carbonyl (C=O) groups excluding carboxylic acids is 2. The van der Waals surface area contributed by atoms with Crippen LogP contribution in [-0.4, -0.2) is 45.1 Å². The van der Waals surface area contributed by atoms with Crippen LogP contribution in [0.15, 0.2) is 41.2 Å². The van der Waals surface area contributed by atoms with Crippen LogP contribution in [0.25, 0.3) is 0 Å². The molecule has 232 valence electrons. The summed E-state index contributed by atoms with van der Waals surface area (Å²) >= 11 is 0.580. The first kappa shape index (κ1) is 30.6. The van der Waals surface area contributed by atoms with Gasteiger partial charge in [0.05, 0.1) is 18.2 Å². The van der Waals surface area contributed by atoms with E-state index in [0.29, 0.717) is 31.0 Å². The zero-order valence-electron chi connectivity index (χ0n) is 25.1. The summed E-state index contributed by atoms with van der Waals surface area (Å²) in [6.45, 7) is 6.42. The number of quaternary nitrogens is 1. The van der Waals surface area contributed by atoms with Crippen molar-refractivity contribution in [2.75, 3.05) is 6.01 Å². The molecule has 1 aromatic rings. The van der Waals surface area contributed by atoms with E-state index < -0.39 is 39.6 Å². The summed E-state index contributed by atoms with van der Waals surface area (Å²) < 4.78 is 33.2. The molecule has 0 amide bonds. The van der Waals surface area contributed by atoms with Crippen molar-refractivity contribution in [2.45, 2.75) is 83.8 Å². The lowest BCUT2D eigenvalue weighted by Gasteiger charge is -2.57. The number of allylic oxidation sites excluding steroid dienone is 3. The number of aliphatic hydroxyl groups excluding tert-OH is 1. The van der Waals surface area contributed by atoms with Crippen LogP contribution in [0, 0.1) is 51.8 Å². The summed E-state index contributed by atoms with van der Waals surface area (Å²) in [6, 6.07) is 2.12. The molecule has 0 bridgehead atoms. The molecule has 1 heterocycles. The minimum atomic E-state index is -1.45. The highest BCUT2D eigenvalue weighted by atomic mass is 32.2. The van der Waals surface area contributed by atoms with Gasteiger partial charge in [0.2, 0.25) is 11.1 Å². The number of aliphatic hydroxyl groups is 1. The number of nitrogens with one attached hydrogen (secondary N) is 1. The molecule has 0 aromatic carbocycles. The Morgan fingerprint density at radius 3 is 2.65 bits per heavy atom. The zero-order chi connectivity index (χ0) is 30.7. The fourth-order valence-electron chi connectivity index (χ4n) is 9.48. The van der Waals surface area contributed by atoms with E-state index in [1.54, 1.807) is 6.07 Å². The van der Waals surface area contributed by atoms with Gasteiger partial charge in [0.25, 0.3) is 0 Å². The largest absolute Gasteiger partial charge is 0.449 e.